The summed E-state index contributed by atoms with van der Waals surface area (Å²) in [5, 5.41) is 11.9. The Kier molecular flexibility index (Phi) is 7.35. The van der Waals surface area contributed by atoms with Crippen LogP contribution in [-0.4, -0.2) is 53.5 Å². The number of amides is 1. The molecule has 1 fully saturated rings. The van der Waals surface area contributed by atoms with Gasteiger partial charge in [0.05, 0.1) is 6.54 Å². The van der Waals surface area contributed by atoms with Crippen LogP contribution in [0.2, 0.25) is 0 Å². The first-order valence-corrected chi connectivity index (χ1v) is 6.52. The van der Waals surface area contributed by atoms with Gasteiger partial charge in [-0.25, -0.2) is 19.6 Å². The van der Waals surface area contributed by atoms with Crippen molar-refractivity contribution in [2.75, 3.05) is 26.3 Å². The summed E-state index contributed by atoms with van der Waals surface area (Å²) in [5.41, 5.74) is 0.884. The van der Waals surface area contributed by atoms with Gasteiger partial charge >= 0.3 is 12.1 Å². The number of carbonyl (C=O) groups excluding carboxylic acids is 1. The Morgan fingerprint density at radius 3 is 2.64 bits per heavy atom. The monoisotopic (exact) mass is 477 g/mol. The number of carboxylic acids is 1. The van der Waals surface area contributed by atoms with E-state index in [9.17, 15) is 9.59 Å². The molecule has 0 unspecified atom stereocenters. The predicted octanol–water partition coefficient (Wildman–Crippen LogP) is 1.15. The number of carbonyl (C=O) groups is 2. The van der Waals surface area contributed by atoms with E-state index in [4.69, 9.17) is 14.6 Å². The molecule has 1 aromatic carbocycles. The molecule has 1 saturated heterocycles. The molecule has 0 bridgehead atoms. The summed E-state index contributed by atoms with van der Waals surface area (Å²) in [6.07, 6.45) is -0.392. The molecule has 120 valence electrons. The minimum atomic E-state index is -1.03. The molecule has 0 aromatic heterocycles. The van der Waals surface area contributed by atoms with Crippen LogP contribution < -0.4 is 4.74 Å². The minimum absolute atomic E-state index is 0. The smallest absolute Gasteiger partial charge is 0.424 e. The Morgan fingerprint density at radius 1 is 1.36 bits per heavy atom. The van der Waals surface area contributed by atoms with Crippen LogP contribution in [0.5, 0.6) is 5.75 Å². The summed E-state index contributed by atoms with van der Waals surface area (Å²) in [7, 11) is 0. The van der Waals surface area contributed by atoms with E-state index in [1.54, 1.807) is 24.3 Å². The van der Waals surface area contributed by atoms with Crippen molar-refractivity contribution < 1.29 is 45.2 Å². The average Bonchev–Trinajstić information content (AvgIpc) is 2.48. The van der Waals surface area contributed by atoms with Gasteiger partial charge in [-0.15, -0.1) is 6.54 Å². The van der Waals surface area contributed by atoms with Crippen molar-refractivity contribution in [3.05, 3.63) is 36.8 Å². The molecule has 2 rings (SSSR count). The molecular formula is C14H17N2O5W-. The largest absolute Gasteiger partial charge is 0.482 e. The maximum Gasteiger partial charge on any atom is 0.424 e. The number of aliphatic carboxylic acids is 1. The third-order valence-corrected chi connectivity index (χ3v) is 3.00. The van der Waals surface area contributed by atoms with Gasteiger partial charge in [-0.2, -0.15) is 0 Å². The van der Waals surface area contributed by atoms with E-state index in [1.165, 1.54) is 5.01 Å². The van der Waals surface area contributed by atoms with Gasteiger partial charge in [0.2, 0.25) is 0 Å². The van der Waals surface area contributed by atoms with Gasteiger partial charge in [-0.3, -0.25) is 0 Å². The van der Waals surface area contributed by atoms with Gasteiger partial charge in [-0.1, -0.05) is 12.1 Å². The molecule has 0 aliphatic carbocycles. The van der Waals surface area contributed by atoms with Gasteiger partial charge in [0.25, 0.3) is 0 Å². The normalized spacial score (nSPS) is 15.0. The third kappa shape index (κ3) is 5.00. The fourth-order valence-electron chi connectivity index (χ4n) is 1.96. The number of nitrogens with zero attached hydrogens (tertiary/aromatic N) is 2. The molecule has 1 aliphatic rings. The van der Waals surface area contributed by atoms with E-state index in [1.807, 2.05) is 5.01 Å². The van der Waals surface area contributed by atoms with Crippen molar-refractivity contribution >= 4 is 12.1 Å². The second-order valence-electron chi connectivity index (χ2n) is 4.45. The summed E-state index contributed by atoms with van der Waals surface area (Å²) in [6.45, 7) is 5.25. The summed E-state index contributed by atoms with van der Waals surface area (Å²) in [4.78, 5) is 22.2. The molecule has 1 aromatic rings. The summed E-state index contributed by atoms with van der Waals surface area (Å²) in [5.74, 6) is -0.558. The van der Waals surface area contributed by atoms with E-state index in [-0.39, 0.29) is 27.7 Å². The molecule has 8 heteroatoms. The Balaban J connectivity index is 0.00000242. The topological polar surface area (TPSA) is 79.3 Å². The third-order valence-electron chi connectivity index (χ3n) is 3.00. The van der Waals surface area contributed by atoms with Crippen molar-refractivity contribution in [2.24, 2.45) is 0 Å². The number of carboxylic acid groups (broad SMARTS) is 1. The van der Waals surface area contributed by atoms with Gasteiger partial charge < -0.3 is 21.5 Å². The van der Waals surface area contributed by atoms with Gasteiger partial charge in [-0.05, 0) is 17.7 Å². The number of cyclic esters (lactones) is 1. The zero-order valence-corrected chi connectivity index (χ0v) is 14.9. The number of hydrogen-bond acceptors (Lipinski definition) is 5. The molecule has 1 N–H and O–H groups in total. The zero-order valence-electron chi connectivity index (χ0n) is 11.9. The number of rotatable bonds is 6. The Bertz CT molecular complexity index is 508. The van der Waals surface area contributed by atoms with Crippen molar-refractivity contribution in [2.45, 2.75) is 6.54 Å². The number of hydrazine groups is 1. The van der Waals surface area contributed by atoms with Gasteiger partial charge in [0.15, 0.2) is 6.61 Å². The fraction of sp³-hybridized carbons (Fsp3) is 0.357. The Morgan fingerprint density at radius 2 is 2.05 bits per heavy atom. The molecule has 7 nitrogen and oxygen atoms in total. The number of ether oxygens (including phenoxy) is 2. The zero-order chi connectivity index (χ0) is 15.2. The Labute approximate surface area is 143 Å². The van der Waals surface area contributed by atoms with Crippen LogP contribution in [0.15, 0.2) is 24.3 Å². The molecule has 0 radical (unpaired) electrons. The molecule has 1 amide bonds. The predicted molar refractivity (Wildman–Crippen MR) is 73.4 cm³/mol. The van der Waals surface area contributed by atoms with Gasteiger partial charge in [0, 0.05) is 27.6 Å². The average molecular weight is 477 g/mol. The molecule has 0 atom stereocenters. The first-order chi connectivity index (χ1) is 10.1. The van der Waals surface area contributed by atoms with E-state index in [2.05, 4.69) is 6.92 Å². The van der Waals surface area contributed by atoms with Crippen LogP contribution in [-0.2, 0) is 37.1 Å². The summed E-state index contributed by atoms with van der Waals surface area (Å²) < 4.78 is 10.1. The quantitative estimate of drug-likeness (QED) is 0.620. The van der Waals surface area contributed by atoms with Crippen LogP contribution in [0.25, 0.3) is 0 Å². The second-order valence-corrected chi connectivity index (χ2v) is 4.45. The van der Waals surface area contributed by atoms with E-state index in [0.717, 1.165) is 5.56 Å². The van der Waals surface area contributed by atoms with Crippen LogP contribution in [0.3, 0.4) is 0 Å². The molecular weight excluding hydrogens is 460 g/mol. The van der Waals surface area contributed by atoms with Crippen LogP contribution in [0.1, 0.15) is 5.56 Å². The minimum Gasteiger partial charge on any atom is -0.482 e. The van der Waals surface area contributed by atoms with Crippen molar-refractivity contribution in [3.63, 3.8) is 0 Å². The van der Waals surface area contributed by atoms with Crippen LogP contribution in [0, 0.1) is 6.92 Å². The van der Waals surface area contributed by atoms with E-state index >= 15 is 0 Å². The molecule has 0 saturated carbocycles. The Hall–Kier alpha value is -1.59. The van der Waals surface area contributed by atoms with Crippen molar-refractivity contribution in [1.82, 2.24) is 10.0 Å². The van der Waals surface area contributed by atoms with Crippen molar-refractivity contribution in [1.29, 1.82) is 0 Å². The molecule has 0 spiro atoms. The molecule has 1 aliphatic heterocycles. The van der Waals surface area contributed by atoms with Crippen LogP contribution >= 0.6 is 0 Å². The summed E-state index contributed by atoms with van der Waals surface area (Å²) in [6, 6.07) is 6.89. The van der Waals surface area contributed by atoms with Gasteiger partial charge in [0.1, 0.15) is 12.4 Å². The molecule has 1 heterocycles. The van der Waals surface area contributed by atoms with E-state index < -0.39 is 12.1 Å². The maximum absolute atomic E-state index is 11.8. The fourth-order valence-corrected chi connectivity index (χ4v) is 1.96. The number of benzene rings is 1. The standard InChI is InChI=1S/C14H17N2O5.W/c1-2-15-7-8-20-14(19)16(15)9-11-3-5-12(6-4-11)21-10-13(17)18;/h3-6H,1-2,7-10H2,(H,17,18);/q-1;. The maximum atomic E-state index is 11.8. The SMILES string of the molecule is [CH2-]CN1CCOC(=O)N1Cc1ccc(OCC(=O)O)cc1.[W]. The molecule has 22 heavy (non-hydrogen) atoms. The second kappa shape index (κ2) is 8.75. The first kappa shape index (κ1) is 18.5. The van der Waals surface area contributed by atoms with Crippen LogP contribution in [0.4, 0.5) is 4.79 Å². The number of hydrogen-bond donors (Lipinski definition) is 1. The first-order valence-electron chi connectivity index (χ1n) is 6.52. The summed E-state index contributed by atoms with van der Waals surface area (Å²) >= 11 is 0. The van der Waals surface area contributed by atoms with Crippen molar-refractivity contribution in [3.8, 4) is 5.75 Å². The van der Waals surface area contributed by atoms with E-state index in [0.29, 0.717) is 32.0 Å².